The Kier molecular flexibility index (Phi) is 4.35. The van der Waals surface area contributed by atoms with Crippen molar-refractivity contribution in [1.29, 1.82) is 0 Å². The van der Waals surface area contributed by atoms with Gasteiger partial charge in [0.25, 0.3) is 0 Å². The predicted molar refractivity (Wildman–Crippen MR) is 92.0 cm³/mol. The minimum atomic E-state index is 0.695. The van der Waals surface area contributed by atoms with Crippen LogP contribution in [0.25, 0.3) is 12.2 Å². The van der Waals surface area contributed by atoms with Gasteiger partial charge in [0, 0.05) is 0 Å². The topological polar surface area (TPSA) is 0 Å². The van der Waals surface area contributed by atoms with Crippen molar-refractivity contribution in [3.05, 3.63) is 82.9 Å². The normalized spacial score (nSPS) is 20.4. The van der Waals surface area contributed by atoms with Crippen LogP contribution in [0.1, 0.15) is 36.0 Å². The molecule has 0 aromatic heterocycles. The minimum absolute atomic E-state index is 0.695. The van der Waals surface area contributed by atoms with E-state index in [1.165, 1.54) is 36.0 Å². The van der Waals surface area contributed by atoms with Gasteiger partial charge < -0.3 is 0 Å². The Morgan fingerprint density at radius 3 is 2.52 bits per heavy atom. The van der Waals surface area contributed by atoms with Crippen LogP contribution in [0.15, 0.2) is 66.2 Å². The van der Waals surface area contributed by atoms with E-state index in [-0.39, 0.29) is 0 Å². The van der Waals surface area contributed by atoms with Crippen molar-refractivity contribution in [1.82, 2.24) is 0 Å². The first-order valence-corrected chi connectivity index (χ1v) is 7.79. The van der Waals surface area contributed by atoms with Crippen LogP contribution < -0.4 is 0 Å². The van der Waals surface area contributed by atoms with Gasteiger partial charge in [-0.25, -0.2) is 0 Å². The third-order valence-corrected chi connectivity index (χ3v) is 4.27. The molecule has 21 heavy (non-hydrogen) atoms. The summed E-state index contributed by atoms with van der Waals surface area (Å²) in [5.41, 5.74) is 5.63. The first kappa shape index (κ1) is 13.9. The van der Waals surface area contributed by atoms with E-state index < -0.39 is 0 Å². The van der Waals surface area contributed by atoms with E-state index in [2.05, 4.69) is 79.7 Å². The molecule has 1 atom stereocenters. The summed E-state index contributed by atoms with van der Waals surface area (Å²) in [5, 5.41) is 0. The molecule has 0 aliphatic heterocycles. The van der Waals surface area contributed by atoms with Gasteiger partial charge in [-0.1, -0.05) is 78.4 Å². The maximum absolute atomic E-state index is 2.39. The quantitative estimate of drug-likeness (QED) is 0.654. The van der Waals surface area contributed by atoms with Crippen molar-refractivity contribution in [2.75, 3.05) is 0 Å². The molecule has 3 rings (SSSR count). The molecular weight excluding hydrogens is 252 g/mol. The van der Waals surface area contributed by atoms with Gasteiger partial charge in [-0.3, -0.25) is 0 Å². The maximum Gasteiger partial charge on any atom is -0.0190 e. The standard InChI is InChI=1S/C21H22/c1-17-7-5-6-10-21(17)16-20-14-13-19(15-20)12-11-18-8-3-2-4-9-18/h2-12,16,19H,13-15H2,1H3/b12-11+,20-16+. The van der Waals surface area contributed by atoms with Crippen LogP contribution in [-0.4, -0.2) is 0 Å². The lowest BCUT2D eigenvalue weighted by molar-refractivity contribution is 0.697. The smallest absolute Gasteiger partial charge is 0.0190 e. The van der Waals surface area contributed by atoms with Crippen molar-refractivity contribution in [2.45, 2.75) is 26.2 Å². The van der Waals surface area contributed by atoms with Crippen LogP contribution in [0.2, 0.25) is 0 Å². The lowest BCUT2D eigenvalue weighted by Crippen LogP contribution is -1.86. The zero-order chi connectivity index (χ0) is 14.5. The van der Waals surface area contributed by atoms with Crippen LogP contribution in [0, 0.1) is 12.8 Å². The molecule has 0 bridgehead atoms. The second-order valence-electron chi connectivity index (χ2n) is 5.93. The summed E-state index contributed by atoms with van der Waals surface area (Å²) in [5.74, 6) is 0.695. The number of allylic oxidation sites excluding steroid dienone is 2. The summed E-state index contributed by atoms with van der Waals surface area (Å²) < 4.78 is 0. The fraction of sp³-hybridized carbons (Fsp3) is 0.238. The third kappa shape index (κ3) is 3.72. The molecule has 0 saturated heterocycles. The molecule has 1 unspecified atom stereocenters. The van der Waals surface area contributed by atoms with Gasteiger partial charge in [0.15, 0.2) is 0 Å². The Hall–Kier alpha value is -2.08. The molecule has 2 aromatic carbocycles. The van der Waals surface area contributed by atoms with Crippen LogP contribution in [0.3, 0.4) is 0 Å². The largest absolute Gasteiger partial charge is 0.0805 e. The monoisotopic (exact) mass is 274 g/mol. The molecule has 1 fully saturated rings. The molecule has 0 N–H and O–H groups in total. The summed E-state index contributed by atoms with van der Waals surface area (Å²) in [6, 6.07) is 19.2. The van der Waals surface area contributed by atoms with Gasteiger partial charge in [-0.05, 0) is 48.8 Å². The Balaban J connectivity index is 1.66. The van der Waals surface area contributed by atoms with Crippen molar-refractivity contribution in [3.8, 4) is 0 Å². The molecule has 106 valence electrons. The molecule has 0 heteroatoms. The molecule has 0 radical (unpaired) electrons. The Labute approximate surface area is 127 Å². The Morgan fingerprint density at radius 1 is 0.952 bits per heavy atom. The van der Waals surface area contributed by atoms with Gasteiger partial charge >= 0.3 is 0 Å². The second kappa shape index (κ2) is 6.58. The van der Waals surface area contributed by atoms with E-state index in [0.29, 0.717) is 5.92 Å². The lowest BCUT2D eigenvalue weighted by Gasteiger charge is -2.03. The van der Waals surface area contributed by atoms with Gasteiger partial charge in [0.05, 0.1) is 0 Å². The maximum atomic E-state index is 2.39. The van der Waals surface area contributed by atoms with Gasteiger partial charge in [-0.2, -0.15) is 0 Å². The number of benzene rings is 2. The van der Waals surface area contributed by atoms with E-state index in [9.17, 15) is 0 Å². The summed E-state index contributed by atoms with van der Waals surface area (Å²) in [7, 11) is 0. The molecule has 0 nitrogen and oxygen atoms in total. The average molecular weight is 274 g/mol. The van der Waals surface area contributed by atoms with E-state index in [1.807, 2.05) is 0 Å². The van der Waals surface area contributed by atoms with Crippen LogP contribution in [0.5, 0.6) is 0 Å². The fourth-order valence-electron chi connectivity index (χ4n) is 2.99. The Bertz CT molecular complexity index is 647. The molecule has 0 heterocycles. The predicted octanol–water partition coefficient (Wildman–Crippen LogP) is 5.89. The van der Waals surface area contributed by atoms with Gasteiger partial charge in [0.1, 0.15) is 0 Å². The molecular formula is C21H22. The van der Waals surface area contributed by atoms with Crippen molar-refractivity contribution in [3.63, 3.8) is 0 Å². The molecule has 0 amide bonds. The highest BCUT2D eigenvalue weighted by Crippen LogP contribution is 2.33. The number of hydrogen-bond acceptors (Lipinski definition) is 0. The summed E-state index contributed by atoms with van der Waals surface area (Å²) >= 11 is 0. The third-order valence-electron chi connectivity index (χ3n) is 4.27. The highest BCUT2D eigenvalue weighted by molar-refractivity contribution is 5.57. The summed E-state index contributed by atoms with van der Waals surface area (Å²) in [6.45, 7) is 2.19. The first-order chi connectivity index (χ1) is 10.3. The second-order valence-corrected chi connectivity index (χ2v) is 5.93. The molecule has 0 spiro atoms. The van der Waals surface area contributed by atoms with Crippen LogP contribution in [0.4, 0.5) is 0 Å². The van der Waals surface area contributed by atoms with Crippen molar-refractivity contribution < 1.29 is 0 Å². The SMILES string of the molecule is Cc1ccccc1/C=C1\CCC(/C=C/c2ccccc2)C1. The van der Waals surface area contributed by atoms with E-state index >= 15 is 0 Å². The summed E-state index contributed by atoms with van der Waals surface area (Å²) in [6.07, 6.45) is 10.8. The van der Waals surface area contributed by atoms with Crippen LogP contribution >= 0.6 is 0 Å². The highest BCUT2D eigenvalue weighted by atomic mass is 14.2. The number of hydrogen-bond donors (Lipinski definition) is 0. The lowest BCUT2D eigenvalue weighted by atomic mass is 10.0. The molecule has 1 aliphatic rings. The fourth-order valence-corrected chi connectivity index (χ4v) is 2.99. The number of aryl methyl sites for hydroxylation is 1. The van der Waals surface area contributed by atoms with E-state index in [4.69, 9.17) is 0 Å². The molecule has 2 aromatic rings. The highest BCUT2D eigenvalue weighted by Gasteiger charge is 2.16. The Morgan fingerprint density at radius 2 is 1.71 bits per heavy atom. The number of rotatable bonds is 3. The van der Waals surface area contributed by atoms with Crippen molar-refractivity contribution >= 4 is 12.2 Å². The molecule has 1 aliphatic carbocycles. The van der Waals surface area contributed by atoms with Gasteiger partial charge in [-0.15, -0.1) is 0 Å². The van der Waals surface area contributed by atoms with E-state index in [1.54, 1.807) is 5.57 Å². The molecule has 1 saturated carbocycles. The first-order valence-electron chi connectivity index (χ1n) is 7.79. The summed E-state index contributed by atoms with van der Waals surface area (Å²) in [4.78, 5) is 0. The van der Waals surface area contributed by atoms with Crippen LogP contribution in [-0.2, 0) is 0 Å². The minimum Gasteiger partial charge on any atom is -0.0805 e. The van der Waals surface area contributed by atoms with E-state index in [0.717, 1.165) is 0 Å². The average Bonchev–Trinajstić information content (AvgIpc) is 2.96. The zero-order valence-electron chi connectivity index (χ0n) is 12.6. The van der Waals surface area contributed by atoms with Crippen molar-refractivity contribution in [2.24, 2.45) is 5.92 Å². The zero-order valence-corrected chi connectivity index (χ0v) is 12.6. The van der Waals surface area contributed by atoms with Gasteiger partial charge in [0.2, 0.25) is 0 Å².